The van der Waals surface area contributed by atoms with E-state index in [-0.39, 0.29) is 29.7 Å². The molecule has 25 heavy (non-hydrogen) atoms. The number of carbonyl (C=O) groups excluding carboxylic acids is 2. The van der Waals surface area contributed by atoms with Crippen LogP contribution in [0, 0.1) is 12.3 Å². The van der Waals surface area contributed by atoms with Gasteiger partial charge in [-0.25, -0.2) is 0 Å². The smallest absolute Gasteiger partial charge is 0.453 e. The highest BCUT2D eigenvalue weighted by molar-refractivity contribution is 6.20. The van der Waals surface area contributed by atoms with Gasteiger partial charge in [0, 0.05) is 18.4 Å². The fraction of sp³-hybridized carbons (Fsp3) is 0.444. The number of halogens is 3. The van der Waals surface area contributed by atoms with Crippen LogP contribution in [-0.2, 0) is 20.1 Å². The number of carbonyl (C=O) groups is 2. The van der Waals surface area contributed by atoms with Crippen LogP contribution >= 0.6 is 0 Å². The molecule has 2 aliphatic rings. The van der Waals surface area contributed by atoms with Crippen molar-refractivity contribution in [3.8, 4) is 0 Å². The molecule has 0 saturated heterocycles. The fourth-order valence-electron chi connectivity index (χ4n) is 3.25. The summed E-state index contributed by atoms with van der Waals surface area (Å²) in [6.45, 7) is 5.25. The minimum Gasteiger partial charge on any atom is -0.458 e. The van der Waals surface area contributed by atoms with E-state index in [2.05, 4.69) is 0 Å². The molecule has 1 N–H and O–H groups in total. The Morgan fingerprint density at radius 1 is 1.08 bits per heavy atom. The molecule has 1 aliphatic heterocycles. The van der Waals surface area contributed by atoms with Crippen molar-refractivity contribution in [1.29, 1.82) is 0 Å². The second-order valence-corrected chi connectivity index (χ2v) is 7.34. The van der Waals surface area contributed by atoms with Crippen molar-refractivity contribution in [3.05, 3.63) is 46.7 Å². The third kappa shape index (κ3) is 2.81. The number of ether oxygens (including phenoxy) is 1. The van der Waals surface area contributed by atoms with Crippen molar-refractivity contribution in [3.63, 3.8) is 0 Å². The van der Waals surface area contributed by atoms with Crippen LogP contribution in [0.25, 0.3) is 0 Å². The van der Waals surface area contributed by atoms with Crippen LogP contribution in [0.2, 0.25) is 0 Å². The molecule has 4 nitrogen and oxygen atoms in total. The molecule has 1 atom stereocenters. The number of benzene rings is 1. The normalized spacial score (nSPS) is 26.0. The largest absolute Gasteiger partial charge is 0.458 e. The highest BCUT2D eigenvalue weighted by Gasteiger charge is 2.63. The summed E-state index contributed by atoms with van der Waals surface area (Å²) in [5.41, 5.74) is -3.33. The first-order chi connectivity index (χ1) is 11.5. The second kappa shape index (κ2) is 5.34. The third-order valence-electron chi connectivity index (χ3n) is 4.49. The van der Waals surface area contributed by atoms with E-state index in [4.69, 9.17) is 4.74 Å². The Morgan fingerprint density at radius 2 is 1.68 bits per heavy atom. The van der Waals surface area contributed by atoms with E-state index >= 15 is 0 Å². The van der Waals surface area contributed by atoms with Crippen LogP contribution in [0.5, 0.6) is 0 Å². The zero-order valence-corrected chi connectivity index (χ0v) is 14.1. The minimum absolute atomic E-state index is 0.0885. The first-order valence-electron chi connectivity index (χ1n) is 7.87. The van der Waals surface area contributed by atoms with Gasteiger partial charge in [-0.3, -0.25) is 9.59 Å². The molecule has 0 radical (unpaired) electrons. The summed E-state index contributed by atoms with van der Waals surface area (Å²) in [6.07, 6.45) is -4.72. The molecule has 0 unspecified atom stereocenters. The Bertz CT molecular complexity index is 778. The summed E-state index contributed by atoms with van der Waals surface area (Å²) in [4.78, 5) is 24.6. The maximum atomic E-state index is 14.0. The Kier molecular flexibility index (Phi) is 3.74. The van der Waals surface area contributed by atoms with Crippen LogP contribution < -0.4 is 5.32 Å². The molecule has 1 aromatic carbocycles. The van der Waals surface area contributed by atoms with Crippen molar-refractivity contribution in [2.24, 2.45) is 5.41 Å². The lowest BCUT2D eigenvalue weighted by Gasteiger charge is -2.44. The van der Waals surface area contributed by atoms with E-state index in [9.17, 15) is 22.8 Å². The first-order valence-corrected chi connectivity index (χ1v) is 7.87. The van der Waals surface area contributed by atoms with Gasteiger partial charge in [-0.2, -0.15) is 13.2 Å². The van der Waals surface area contributed by atoms with Gasteiger partial charge in [-0.1, -0.05) is 43.7 Å². The summed E-state index contributed by atoms with van der Waals surface area (Å²) in [7, 11) is 0. The van der Waals surface area contributed by atoms with E-state index < -0.39 is 29.0 Å². The molecule has 0 fully saturated rings. The van der Waals surface area contributed by atoms with Crippen molar-refractivity contribution >= 4 is 11.7 Å². The summed E-state index contributed by atoms with van der Waals surface area (Å²) < 4.78 is 47.2. The molecule has 0 bridgehead atoms. The van der Waals surface area contributed by atoms with Gasteiger partial charge >= 0.3 is 11.9 Å². The predicted octanol–water partition coefficient (Wildman–Crippen LogP) is 3.50. The average molecular weight is 353 g/mol. The molecule has 134 valence electrons. The highest BCUT2D eigenvalue weighted by atomic mass is 19.4. The molecule has 1 amide bonds. The van der Waals surface area contributed by atoms with Gasteiger partial charge in [0.05, 0.1) is 0 Å². The van der Waals surface area contributed by atoms with Crippen molar-refractivity contribution in [1.82, 2.24) is 5.32 Å². The van der Waals surface area contributed by atoms with Crippen LogP contribution in [0.4, 0.5) is 13.2 Å². The number of nitrogens with one attached hydrogen (secondary N) is 1. The summed E-state index contributed by atoms with van der Waals surface area (Å²) >= 11 is 0. The third-order valence-corrected chi connectivity index (χ3v) is 4.49. The number of allylic oxidation sites excluding steroid dienone is 1. The molecule has 3 rings (SSSR count). The molecule has 1 aromatic rings. The number of hydrogen-bond acceptors (Lipinski definition) is 3. The zero-order chi connectivity index (χ0) is 18.6. The minimum atomic E-state index is -4.90. The fourth-order valence-corrected chi connectivity index (χ4v) is 3.25. The molecule has 0 spiro atoms. The lowest BCUT2D eigenvalue weighted by atomic mass is 9.75. The molecule has 0 saturated carbocycles. The molecule has 1 aliphatic carbocycles. The van der Waals surface area contributed by atoms with E-state index in [1.54, 1.807) is 20.8 Å². The number of Topliss-reactive ketones (excluding diaryl/α,β-unsaturated/α-hetero) is 1. The highest BCUT2D eigenvalue weighted by Crippen LogP contribution is 2.48. The maximum Gasteiger partial charge on any atom is 0.453 e. The van der Waals surface area contributed by atoms with Crippen molar-refractivity contribution in [2.45, 2.75) is 45.5 Å². The molecule has 1 heterocycles. The summed E-state index contributed by atoms with van der Waals surface area (Å²) in [5, 5.41) is 1.90. The van der Waals surface area contributed by atoms with Crippen LogP contribution in [0.1, 0.15) is 37.8 Å². The van der Waals surface area contributed by atoms with E-state index in [1.807, 2.05) is 5.32 Å². The lowest BCUT2D eigenvalue weighted by Crippen LogP contribution is -2.61. The Balaban J connectivity index is 2.16. The van der Waals surface area contributed by atoms with E-state index in [0.717, 1.165) is 5.56 Å². The Hall–Kier alpha value is -2.31. The summed E-state index contributed by atoms with van der Waals surface area (Å²) in [6, 6.07) is 5.56. The first kappa shape index (κ1) is 17.5. The number of aryl methyl sites for hydroxylation is 1. The van der Waals surface area contributed by atoms with E-state index in [0.29, 0.717) is 0 Å². The second-order valence-electron chi connectivity index (χ2n) is 7.34. The standard InChI is InChI=1S/C18H18F3NO3/c1-10-4-6-11(7-5-10)17(18(19,20)21)22-15(24)14-12(23)8-16(2,3)9-13(14)25-17/h4-7H,8-9H2,1-3H3,(H,22,24)/t17-/m1/s1. The number of rotatable bonds is 1. The van der Waals surface area contributed by atoms with Crippen LogP contribution in [-0.4, -0.2) is 17.9 Å². The average Bonchev–Trinajstić information content (AvgIpc) is 2.44. The number of amides is 1. The molecular weight excluding hydrogens is 335 g/mol. The number of alkyl halides is 3. The molecular formula is C18H18F3NO3. The summed E-state index contributed by atoms with van der Waals surface area (Å²) in [5.74, 6) is -1.73. The molecule has 0 aromatic heterocycles. The van der Waals surface area contributed by atoms with Gasteiger partial charge in [0.15, 0.2) is 5.78 Å². The molecule has 7 heteroatoms. The van der Waals surface area contributed by atoms with Gasteiger partial charge in [0.1, 0.15) is 11.3 Å². The van der Waals surface area contributed by atoms with Crippen LogP contribution in [0.15, 0.2) is 35.6 Å². The van der Waals surface area contributed by atoms with Gasteiger partial charge < -0.3 is 10.1 Å². The topological polar surface area (TPSA) is 55.4 Å². The maximum absolute atomic E-state index is 14.0. The van der Waals surface area contributed by atoms with Gasteiger partial charge in [0.25, 0.3) is 5.91 Å². The SMILES string of the molecule is Cc1ccc([C@@]2(C(F)(F)F)NC(=O)C3=C(CC(C)(C)CC3=O)O2)cc1. The van der Waals surface area contributed by atoms with Gasteiger partial charge in [-0.05, 0) is 12.3 Å². The Labute approximate surface area is 143 Å². The van der Waals surface area contributed by atoms with Gasteiger partial charge in [0.2, 0.25) is 0 Å². The van der Waals surface area contributed by atoms with Crippen molar-refractivity contribution < 1.29 is 27.5 Å². The van der Waals surface area contributed by atoms with Crippen molar-refractivity contribution in [2.75, 3.05) is 0 Å². The van der Waals surface area contributed by atoms with Crippen LogP contribution in [0.3, 0.4) is 0 Å². The number of hydrogen-bond donors (Lipinski definition) is 1. The zero-order valence-electron chi connectivity index (χ0n) is 14.1. The number of ketones is 1. The van der Waals surface area contributed by atoms with E-state index in [1.165, 1.54) is 24.3 Å². The monoisotopic (exact) mass is 353 g/mol. The quantitative estimate of drug-likeness (QED) is 0.786. The Morgan fingerprint density at radius 3 is 2.24 bits per heavy atom. The lowest BCUT2D eigenvalue weighted by molar-refractivity contribution is -0.288. The predicted molar refractivity (Wildman–Crippen MR) is 83.2 cm³/mol. The van der Waals surface area contributed by atoms with Gasteiger partial charge in [-0.15, -0.1) is 0 Å².